The fourth-order valence-corrected chi connectivity index (χ4v) is 3.28. The van der Waals surface area contributed by atoms with Crippen molar-refractivity contribution >= 4 is 17.5 Å². The van der Waals surface area contributed by atoms with Gasteiger partial charge in [-0.2, -0.15) is 0 Å². The predicted octanol–water partition coefficient (Wildman–Crippen LogP) is 2.32. The largest absolute Gasteiger partial charge is 0.508 e. The van der Waals surface area contributed by atoms with Crippen LogP contribution in [0.2, 0.25) is 0 Å². The summed E-state index contributed by atoms with van der Waals surface area (Å²) in [5, 5.41) is 9.50. The quantitative estimate of drug-likeness (QED) is 0.787. The molecule has 19 heavy (non-hydrogen) atoms. The summed E-state index contributed by atoms with van der Waals surface area (Å²) in [6, 6.07) is 6.34. The molecule has 1 N–H and O–H groups in total. The van der Waals surface area contributed by atoms with E-state index in [0.717, 1.165) is 19.3 Å². The lowest BCUT2D eigenvalue weighted by atomic mass is 9.76. The number of carbonyl (C=O) groups excluding carboxylic acids is 2. The lowest BCUT2D eigenvalue weighted by Crippen LogP contribution is -2.30. The van der Waals surface area contributed by atoms with Crippen molar-refractivity contribution in [1.29, 1.82) is 0 Å². The molecule has 1 aliphatic heterocycles. The van der Waals surface area contributed by atoms with Crippen molar-refractivity contribution in [1.82, 2.24) is 0 Å². The molecule has 0 radical (unpaired) electrons. The molecule has 1 heterocycles. The van der Waals surface area contributed by atoms with E-state index in [1.807, 2.05) is 0 Å². The zero-order valence-corrected chi connectivity index (χ0v) is 10.9. The first kappa shape index (κ1) is 12.2. The van der Waals surface area contributed by atoms with E-state index in [9.17, 15) is 14.7 Å². The molecule has 2 aliphatic rings. The molecule has 4 nitrogen and oxygen atoms in total. The molecule has 3 atom stereocenters. The molecule has 0 aromatic heterocycles. The van der Waals surface area contributed by atoms with E-state index in [0.29, 0.717) is 11.6 Å². The van der Waals surface area contributed by atoms with Gasteiger partial charge in [0.25, 0.3) is 0 Å². The number of rotatable bonds is 1. The second-order valence-electron chi connectivity index (χ2n) is 5.66. The van der Waals surface area contributed by atoms with Crippen LogP contribution in [0.15, 0.2) is 24.3 Å². The summed E-state index contributed by atoms with van der Waals surface area (Å²) in [7, 11) is 0. The van der Waals surface area contributed by atoms with Gasteiger partial charge in [-0.25, -0.2) is 4.90 Å². The van der Waals surface area contributed by atoms with Gasteiger partial charge in [0.05, 0.1) is 17.5 Å². The Bertz CT molecular complexity index is 540. The van der Waals surface area contributed by atoms with Gasteiger partial charge in [-0.1, -0.05) is 13.0 Å². The standard InChI is InChI=1S/C15H17NO3/c1-9-5-6-12-13(7-9)15(19)16(14(12)18)10-3-2-4-11(17)8-10/h2-4,8-9,12-13,17H,5-7H2,1H3/t9-,12-,13-/m1/s1. The van der Waals surface area contributed by atoms with Crippen molar-refractivity contribution < 1.29 is 14.7 Å². The van der Waals surface area contributed by atoms with Crippen LogP contribution >= 0.6 is 0 Å². The fraction of sp³-hybridized carbons (Fsp3) is 0.467. The van der Waals surface area contributed by atoms with E-state index >= 15 is 0 Å². The minimum absolute atomic E-state index is 0.0707. The van der Waals surface area contributed by atoms with Crippen molar-refractivity contribution in [2.45, 2.75) is 26.2 Å². The maximum Gasteiger partial charge on any atom is 0.237 e. The first-order chi connectivity index (χ1) is 9.08. The molecule has 0 unspecified atom stereocenters. The number of carbonyl (C=O) groups is 2. The van der Waals surface area contributed by atoms with Gasteiger partial charge in [0.1, 0.15) is 5.75 Å². The Kier molecular flexibility index (Phi) is 2.81. The Morgan fingerprint density at radius 2 is 1.89 bits per heavy atom. The molecular formula is C15H17NO3. The number of anilines is 1. The van der Waals surface area contributed by atoms with Crippen LogP contribution < -0.4 is 4.90 Å². The number of aromatic hydroxyl groups is 1. The molecule has 3 rings (SSSR count). The van der Waals surface area contributed by atoms with Gasteiger partial charge < -0.3 is 5.11 Å². The molecule has 100 valence electrons. The highest BCUT2D eigenvalue weighted by molar-refractivity contribution is 6.22. The van der Waals surface area contributed by atoms with Crippen LogP contribution in [0.25, 0.3) is 0 Å². The van der Waals surface area contributed by atoms with Gasteiger partial charge in [0, 0.05) is 6.07 Å². The van der Waals surface area contributed by atoms with Crippen LogP contribution in [0.3, 0.4) is 0 Å². The number of phenolic OH excluding ortho intramolecular Hbond substituents is 1. The maximum absolute atomic E-state index is 12.4. The van der Waals surface area contributed by atoms with Crippen molar-refractivity contribution in [2.75, 3.05) is 4.90 Å². The van der Waals surface area contributed by atoms with Crippen LogP contribution in [0, 0.1) is 17.8 Å². The topological polar surface area (TPSA) is 57.6 Å². The first-order valence-electron chi connectivity index (χ1n) is 6.75. The smallest absolute Gasteiger partial charge is 0.237 e. The number of fused-ring (bicyclic) bond motifs is 1. The number of amides is 2. The van der Waals surface area contributed by atoms with E-state index in [-0.39, 0.29) is 29.4 Å². The lowest BCUT2D eigenvalue weighted by Gasteiger charge is -2.25. The highest BCUT2D eigenvalue weighted by atomic mass is 16.3. The summed E-state index contributed by atoms with van der Waals surface area (Å²) in [6.07, 6.45) is 2.60. The molecule has 1 saturated heterocycles. The summed E-state index contributed by atoms with van der Waals surface area (Å²) >= 11 is 0. The van der Waals surface area contributed by atoms with E-state index in [2.05, 4.69) is 6.92 Å². The van der Waals surface area contributed by atoms with Crippen LogP contribution in [0.1, 0.15) is 26.2 Å². The predicted molar refractivity (Wildman–Crippen MR) is 70.6 cm³/mol. The molecule has 1 aliphatic carbocycles. The normalized spacial score (nSPS) is 30.6. The Balaban J connectivity index is 1.95. The Morgan fingerprint density at radius 1 is 1.16 bits per heavy atom. The van der Waals surface area contributed by atoms with Crippen LogP contribution in [-0.4, -0.2) is 16.9 Å². The summed E-state index contributed by atoms with van der Waals surface area (Å²) in [4.78, 5) is 26.1. The number of benzene rings is 1. The zero-order valence-electron chi connectivity index (χ0n) is 10.9. The molecule has 1 aromatic rings. The third kappa shape index (κ3) is 1.91. The average Bonchev–Trinajstić information content (AvgIpc) is 2.61. The van der Waals surface area contributed by atoms with Gasteiger partial charge >= 0.3 is 0 Å². The third-order valence-corrected chi connectivity index (χ3v) is 4.28. The molecule has 1 saturated carbocycles. The molecule has 2 fully saturated rings. The second kappa shape index (κ2) is 4.37. The summed E-state index contributed by atoms with van der Waals surface area (Å²) in [6.45, 7) is 2.13. The van der Waals surface area contributed by atoms with E-state index < -0.39 is 0 Å². The van der Waals surface area contributed by atoms with E-state index in [1.165, 1.54) is 17.0 Å². The van der Waals surface area contributed by atoms with Crippen molar-refractivity contribution in [2.24, 2.45) is 17.8 Å². The molecule has 1 aromatic carbocycles. The SMILES string of the molecule is C[C@@H]1CC[C@H]2C(=O)N(c3cccc(O)c3)C(=O)[C@@H]2C1. The van der Waals surface area contributed by atoms with Gasteiger partial charge in [0.15, 0.2) is 0 Å². The molecular weight excluding hydrogens is 242 g/mol. The van der Waals surface area contributed by atoms with Gasteiger partial charge in [-0.05, 0) is 37.3 Å². The van der Waals surface area contributed by atoms with Crippen molar-refractivity contribution in [3.05, 3.63) is 24.3 Å². The van der Waals surface area contributed by atoms with Crippen LogP contribution in [0.5, 0.6) is 5.75 Å². The summed E-state index contributed by atoms with van der Waals surface area (Å²) in [5.41, 5.74) is 0.483. The maximum atomic E-state index is 12.4. The highest BCUT2D eigenvalue weighted by Crippen LogP contribution is 2.42. The zero-order chi connectivity index (χ0) is 13.6. The summed E-state index contributed by atoms with van der Waals surface area (Å²) < 4.78 is 0. The monoisotopic (exact) mass is 259 g/mol. The molecule has 0 bridgehead atoms. The summed E-state index contributed by atoms with van der Waals surface area (Å²) in [5.74, 6) is 0.0350. The number of phenols is 1. The third-order valence-electron chi connectivity index (χ3n) is 4.28. The number of hydrogen-bond donors (Lipinski definition) is 1. The second-order valence-corrected chi connectivity index (χ2v) is 5.66. The Labute approximate surface area is 112 Å². The van der Waals surface area contributed by atoms with Crippen molar-refractivity contribution in [3.63, 3.8) is 0 Å². The number of nitrogens with zero attached hydrogens (tertiary/aromatic N) is 1. The minimum Gasteiger partial charge on any atom is -0.508 e. The fourth-order valence-electron chi connectivity index (χ4n) is 3.28. The van der Waals surface area contributed by atoms with Gasteiger partial charge in [-0.15, -0.1) is 0 Å². The molecule has 4 heteroatoms. The van der Waals surface area contributed by atoms with Gasteiger partial charge in [-0.3, -0.25) is 9.59 Å². The molecule has 0 spiro atoms. The van der Waals surface area contributed by atoms with Crippen LogP contribution in [-0.2, 0) is 9.59 Å². The number of imide groups is 1. The van der Waals surface area contributed by atoms with Gasteiger partial charge in [0.2, 0.25) is 11.8 Å². The number of hydrogen-bond acceptors (Lipinski definition) is 3. The Hall–Kier alpha value is -1.84. The minimum atomic E-state index is -0.168. The van der Waals surface area contributed by atoms with Crippen LogP contribution in [0.4, 0.5) is 5.69 Å². The van der Waals surface area contributed by atoms with Crippen molar-refractivity contribution in [3.8, 4) is 5.75 Å². The highest BCUT2D eigenvalue weighted by Gasteiger charge is 2.49. The van der Waals surface area contributed by atoms with E-state index in [1.54, 1.807) is 12.1 Å². The molecule has 2 amide bonds. The lowest BCUT2D eigenvalue weighted by molar-refractivity contribution is -0.122. The van der Waals surface area contributed by atoms with E-state index in [4.69, 9.17) is 0 Å². The Morgan fingerprint density at radius 3 is 2.63 bits per heavy atom. The average molecular weight is 259 g/mol. The first-order valence-corrected chi connectivity index (χ1v) is 6.75.